The molecule has 0 amide bonds. The standard InChI is InChI=1S/C15H21N3OS/c1-19-14-9-7-12(8-10-14)11-16-18-15(20)17-13-5-3-2-4-6-13/h7-11,13H,2-6H2,1H3,(H2,17,18,20). The molecule has 1 aromatic carbocycles. The van der Waals surface area contributed by atoms with Crippen molar-refractivity contribution in [3.05, 3.63) is 29.8 Å². The van der Waals surface area contributed by atoms with E-state index in [4.69, 9.17) is 17.0 Å². The van der Waals surface area contributed by atoms with Gasteiger partial charge in [-0.15, -0.1) is 0 Å². The average molecular weight is 291 g/mol. The van der Waals surface area contributed by atoms with Gasteiger partial charge in [0.1, 0.15) is 5.75 Å². The third-order valence-electron chi connectivity index (χ3n) is 3.44. The lowest BCUT2D eigenvalue weighted by Crippen LogP contribution is -2.40. The summed E-state index contributed by atoms with van der Waals surface area (Å²) in [6, 6.07) is 8.20. The zero-order valence-corrected chi connectivity index (χ0v) is 12.6. The summed E-state index contributed by atoms with van der Waals surface area (Å²) in [4.78, 5) is 0. The van der Waals surface area contributed by atoms with Crippen LogP contribution in [0.1, 0.15) is 37.7 Å². The van der Waals surface area contributed by atoms with E-state index < -0.39 is 0 Å². The highest BCUT2D eigenvalue weighted by molar-refractivity contribution is 7.80. The van der Waals surface area contributed by atoms with Crippen molar-refractivity contribution < 1.29 is 4.74 Å². The summed E-state index contributed by atoms with van der Waals surface area (Å²) in [5.74, 6) is 0.838. The SMILES string of the molecule is COc1ccc(C=NNC(=S)NC2CCCCC2)cc1. The molecular formula is C15H21N3OS. The van der Waals surface area contributed by atoms with Crippen LogP contribution in [0.5, 0.6) is 5.75 Å². The second kappa shape index (κ2) is 7.85. The van der Waals surface area contributed by atoms with Crippen LogP contribution in [0, 0.1) is 0 Å². The van der Waals surface area contributed by atoms with E-state index in [1.54, 1.807) is 13.3 Å². The molecule has 20 heavy (non-hydrogen) atoms. The first-order valence-electron chi connectivity index (χ1n) is 7.01. The fourth-order valence-corrected chi connectivity index (χ4v) is 2.54. The summed E-state index contributed by atoms with van der Waals surface area (Å²) < 4.78 is 5.11. The van der Waals surface area contributed by atoms with Crippen molar-refractivity contribution in [2.45, 2.75) is 38.1 Å². The molecule has 0 radical (unpaired) electrons. The Labute approximate surface area is 125 Å². The molecule has 108 valence electrons. The van der Waals surface area contributed by atoms with Crippen LogP contribution in [-0.2, 0) is 0 Å². The Kier molecular flexibility index (Phi) is 5.80. The van der Waals surface area contributed by atoms with Crippen molar-refractivity contribution >= 4 is 23.5 Å². The molecule has 2 N–H and O–H groups in total. The first-order chi connectivity index (χ1) is 9.78. The molecule has 1 fully saturated rings. The summed E-state index contributed by atoms with van der Waals surface area (Å²) in [5.41, 5.74) is 3.86. The van der Waals surface area contributed by atoms with Gasteiger partial charge >= 0.3 is 0 Å². The largest absolute Gasteiger partial charge is 0.497 e. The molecule has 0 aromatic heterocycles. The molecule has 0 unspecified atom stereocenters. The molecule has 1 saturated carbocycles. The fraction of sp³-hybridized carbons (Fsp3) is 0.467. The second-order valence-electron chi connectivity index (χ2n) is 4.95. The lowest BCUT2D eigenvalue weighted by atomic mass is 9.96. The highest BCUT2D eigenvalue weighted by atomic mass is 32.1. The molecule has 1 aromatic rings. The van der Waals surface area contributed by atoms with Gasteiger partial charge in [-0.3, -0.25) is 5.43 Å². The predicted octanol–water partition coefficient (Wildman–Crippen LogP) is 2.83. The van der Waals surface area contributed by atoms with E-state index >= 15 is 0 Å². The number of nitrogens with one attached hydrogen (secondary N) is 2. The number of nitrogens with zero attached hydrogens (tertiary/aromatic N) is 1. The molecule has 0 aliphatic heterocycles. The first-order valence-corrected chi connectivity index (χ1v) is 7.42. The smallest absolute Gasteiger partial charge is 0.187 e. The number of rotatable bonds is 4. The van der Waals surface area contributed by atoms with Gasteiger partial charge < -0.3 is 10.1 Å². The Morgan fingerprint density at radius 2 is 1.95 bits per heavy atom. The Morgan fingerprint density at radius 1 is 1.25 bits per heavy atom. The third kappa shape index (κ3) is 4.81. The average Bonchev–Trinajstić information content (AvgIpc) is 2.49. The molecule has 0 atom stereocenters. The zero-order valence-electron chi connectivity index (χ0n) is 11.8. The van der Waals surface area contributed by atoms with E-state index in [1.807, 2.05) is 24.3 Å². The number of benzene rings is 1. The number of hydrazone groups is 1. The van der Waals surface area contributed by atoms with Crippen LogP contribution in [0.15, 0.2) is 29.4 Å². The quantitative estimate of drug-likeness (QED) is 0.509. The van der Waals surface area contributed by atoms with Crippen LogP contribution in [0.2, 0.25) is 0 Å². The topological polar surface area (TPSA) is 45.6 Å². The zero-order chi connectivity index (χ0) is 14.2. The molecule has 0 bridgehead atoms. The van der Waals surface area contributed by atoms with Crippen molar-refractivity contribution in [3.63, 3.8) is 0 Å². The Bertz CT molecular complexity index is 453. The van der Waals surface area contributed by atoms with Gasteiger partial charge in [0.2, 0.25) is 0 Å². The maximum atomic E-state index is 5.23. The molecule has 0 saturated heterocycles. The van der Waals surface area contributed by atoms with Crippen LogP contribution in [-0.4, -0.2) is 24.5 Å². The van der Waals surface area contributed by atoms with Crippen molar-refractivity contribution in [1.29, 1.82) is 0 Å². The summed E-state index contributed by atoms with van der Waals surface area (Å²) in [7, 11) is 1.65. The van der Waals surface area contributed by atoms with Crippen LogP contribution < -0.4 is 15.5 Å². The van der Waals surface area contributed by atoms with E-state index in [-0.39, 0.29) is 0 Å². The molecule has 2 rings (SSSR count). The molecule has 5 heteroatoms. The summed E-state index contributed by atoms with van der Waals surface area (Å²) in [5, 5.41) is 8.05. The molecule has 0 spiro atoms. The van der Waals surface area contributed by atoms with Crippen LogP contribution in [0.3, 0.4) is 0 Å². The van der Waals surface area contributed by atoms with Gasteiger partial charge in [-0.2, -0.15) is 5.10 Å². The van der Waals surface area contributed by atoms with Gasteiger partial charge in [-0.05, 0) is 54.9 Å². The van der Waals surface area contributed by atoms with Gasteiger partial charge in [0.25, 0.3) is 0 Å². The van der Waals surface area contributed by atoms with Crippen LogP contribution >= 0.6 is 12.2 Å². The summed E-state index contributed by atoms with van der Waals surface area (Å²) in [6.07, 6.45) is 8.06. The van der Waals surface area contributed by atoms with Crippen molar-refractivity contribution in [1.82, 2.24) is 10.7 Å². The van der Waals surface area contributed by atoms with Gasteiger partial charge in [0, 0.05) is 6.04 Å². The first kappa shape index (κ1) is 14.8. The summed E-state index contributed by atoms with van der Waals surface area (Å²) in [6.45, 7) is 0. The highest BCUT2D eigenvalue weighted by Crippen LogP contribution is 2.17. The van der Waals surface area contributed by atoms with Gasteiger partial charge in [-0.1, -0.05) is 19.3 Å². The van der Waals surface area contributed by atoms with Gasteiger partial charge in [-0.25, -0.2) is 0 Å². The number of ether oxygens (including phenoxy) is 1. The normalized spacial score (nSPS) is 16.1. The number of thiocarbonyl (C=S) groups is 1. The molecular weight excluding hydrogens is 270 g/mol. The Morgan fingerprint density at radius 3 is 2.60 bits per heavy atom. The van der Waals surface area contributed by atoms with E-state index in [0.29, 0.717) is 11.2 Å². The number of hydrogen-bond acceptors (Lipinski definition) is 3. The molecule has 1 aliphatic rings. The van der Waals surface area contributed by atoms with Crippen molar-refractivity contribution in [2.75, 3.05) is 7.11 Å². The third-order valence-corrected chi connectivity index (χ3v) is 3.65. The minimum Gasteiger partial charge on any atom is -0.497 e. The Balaban J connectivity index is 1.75. The lowest BCUT2D eigenvalue weighted by molar-refractivity contribution is 0.412. The number of methoxy groups -OCH3 is 1. The Hall–Kier alpha value is -1.62. The van der Waals surface area contributed by atoms with Gasteiger partial charge in [0.05, 0.1) is 13.3 Å². The second-order valence-corrected chi connectivity index (χ2v) is 5.36. The number of hydrogen-bond donors (Lipinski definition) is 2. The minimum absolute atomic E-state index is 0.500. The van der Waals surface area contributed by atoms with E-state index in [0.717, 1.165) is 11.3 Å². The molecule has 0 heterocycles. The summed E-state index contributed by atoms with van der Waals surface area (Å²) >= 11 is 5.23. The van der Waals surface area contributed by atoms with Crippen molar-refractivity contribution in [3.8, 4) is 5.75 Å². The van der Waals surface area contributed by atoms with E-state index in [2.05, 4.69) is 15.8 Å². The van der Waals surface area contributed by atoms with Crippen LogP contribution in [0.4, 0.5) is 0 Å². The highest BCUT2D eigenvalue weighted by Gasteiger charge is 2.13. The maximum absolute atomic E-state index is 5.23. The maximum Gasteiger partial charge on any atom is 0.187 e. The predicted molar refractivity (Wildman–Crippen MR) is 86.3 cm³/mol. The fourth-order valence-electron chi connectivity index (χ4n) is 2.32. The lowest BCUT2D eigenvalue weighted by Gasteiger charge is -2.23. The van der Waals surface area contributed by atoms with E-state index in [1.165, 1.54) is 32.1 Å². The van der Waals surface area contributed by atoms with Crippen LogP contribution in [0.25, 0.3) is 0 Å². The van der Waals surface area contributed by atoms with Gasteiger partial charge in [0.15, 0.2) is 5.11 Å². The molecule has 1 aliphatic carbocycles. The minimum atomic E-state index is 0.500. The molecule has 4 nitrogen and oxygen atoms in total. The monoisotopic (exact) mass is 291 g/mol. The van der Waals surface area contributed by atoms with Crippen molar-refractivity contribution in [2.24, 2.45) is 5.10 Å². The van der Waals surface area contributed by atoms with E-state index in [9.17, 15) is 0 Å².